The number of hydrogen-bond donors (Lipinski definition) is 3. The summed E-state index contributed by atoms with van der Waals surface area (Å²) in [6, 6.07) is 8.54. The summed E-state index contributed by atoms with van der Waals surface area (Å²) in [6.07, 6.45) is -3.11. The predicted octanol–water partition coefficient (Wildman–Crippen LogP) is 3.11. The first-order chi connectivity index (χ1) is 12.3. The van der Waals surface area contributed by atoms with Crippen molar-refractivity contribution in [1.29, 1.82) is 0 Å². The zero-order valence-corrected chi connectivity index (χ0v) is 14.4. The Bertz CT molecular complexity index is 593. The second-order valence-corrected chi connectivity index (χ2v) is 6.51. The highest BCUT2D eigenvalue weighted by molar-refractivity contribution is 5.78. The third-order valence-electron chi connectivity index (χ3n) is 4.44. The van der Waals surface area contributed by atoms with E-state index in [0.717, 1.165) is 5.56 Å². The van der Waals surface area contributed by atoms with Crippen molar-refractivity contribution in [1.82, 2.24) is 16.0 Å². The van der Waals surface area contributed by atoms with Gasteiger partial charge in [-0.3, -0.25) is 4.79 Å². The van der Waals surface area contributed by atoms with Gasteiger partial charge in [-0.2, -0.15) is 13.2 Å². The van der Waals surface area contributed by atoms with Crippen LogP contribution in [0, 0.1) is 5.92 Å². The normalized spacial score (nSPS) is 20.3. The van der Waals surface area contributed by atoms with E-state index >= 15 is 0 Å². The summed E-state index contributed by atoms with van der Waals surface area (Å²) in [5.74, 6) is -1.69. The second kappa shape index (κ2) is 9.45. The molecule has 2 atom stereocenters. The maximum Gasteiger partial charge on any atom is 0.391 e. The third-order valence-corrected chi connectivity index (χ3v) is 4.44. The van der Waals surface area contributed by atoms with Crippen LogP contribution >= 0.6 is 0 Å². The number of alkyl halides is 3. The van der Waals surface area contributed by atoms with Crippen molar-refractivity contribution in [2.24, 2.45) is 5.92 Å². The lowest BCUT2D eigenvalue weighted by Gasteiger charge is -2.31. The fourth-order valence-electron chi connectivity index (χ4n) is 3.05. The molecule has 1 fully saturated rings. The molecule has 0 spiro atoms. The standard InChI is InChI=1S/C18H24F3N3O2/c19-18(20,21)14-7-4-8-15(11-14)24-16(25)9-10-22-17(26)23-12-13-5-2-1-3-6-13/h1-3,5-6,14-15H,4,7-12H2,(H,24,25)(H2,22,23,26). The monoisotopic (exact) mass is 371 g/mol. The fourth-order valence-corrected chi connectivity index (χ4v) is 3.05. The molecule has 1 aliphatic rings. The molecule has 3 amide bonds. The SMILES string of the molecule is O=C(CCNC(=O)NCc1ccccc1)NC1CCCC(C(F)(F)F)C1. The highest BCUT2D eigenvalue weighted by atomic mass is 19.4. The van der Waals surface area contributed by atoms with E-state index in [9.17, 15) is 22.8 Å². The number of nitrogens with one attached hydrogen (secondary N) is 3. The fraction of sp³-hybridized carbons (Fsp3) is 0.556. The molecule has 0 aromatic heterocycles. The first-order valence-corrected chi connectivity index (χ1v) is 8.76. The molecule has 144 valence electrons. The highest BCUT2D eigenvalue weighted by Crippen LogP contribution is 2.37. The van der Waals surface area contributed by atoms with E-state index in [1.165, 1.54) is 0 Å². The van der Waals surface area contributed by atoms with Gasteiger partial charge in [0.05, 0.1) is 5.92 Å². The molecule has 2 unspecified atom stereocenters. The minimum atomic E-state index is -4.21. The van der Waals surface area contributed by atoms with Gasteiger partial charge in [-0.1, -0.05) is 36.8 Å². The molecule has 1 saturated carbocycles. The van der Waals surface area contributed by atoms with Crippen LogP contribution in [0.15, 0.2) is 30.3 Å². The Morgan fingerprint density at radius 1 is 1.08 bits per heavy atom. The molecule has 0 saturated heterocycles. The average molecular weight is 371 g/mol. The Morgan fingerprint density at radius 2 is 1.81 bits per heavy atom. The smallest absolute Gasteiger partial charge is 0.353 e. The molecule has 0 bridgehead atoms. The summed E-state index contributed by atoms with van der Waals surface area (Å²) in [5, 5.41) is 7.87. The van der Waals surface area contributed by atoms with Gasteiger partial charge in [-0.25, -0.2) is 4.79 Å². The lowest BCUT2D eigenvalue weighted by atomic mass is 9.85. The minimum Gasteiger partial charge on any atom is -0.353 e. The lowest BCUT2D eigenvalue weighted by molar-refractivity contribution is -0.184. The van der Waals surface area contributed by atoms with Crippen molar-refractivity contribution in [2.45, 2.75) is 50.9 Å². The van der Waals surface area contributed by atoms with Gasteiger partial charge >= 0.3 is 12.2 Å². The topological polar surface area (TPSA) is 70.2 Å². The van der Waals surface area contributed by atoms with Gasteiger partial charge in [0.2, 0.25) is 5.91 Å². The summed E-state index contributed by atoms with van der Waals surface area (Å²) >= 11 is 0. The highest BCUT2D eigenvalue weighted by Gasteiger charge is 2.42. The molecule has 1 aromatic carbocycles. The van der Waals surface area contributed by atoms with Crippen LogP contribution in [0.2, 0.25) is 0 Å². The van der Waals surface area contributed by atoms with E-state index in [1.807, 2.05) is 30.3 Å². The largest absolute Gasteiger partial charge is 0.391 e. The Balaban J connectivity index is 1.62. The van der Waals surface area contributed by atoms with E-state index < -0.39 is 24.2 Å². The van der Waals surface area contributed by atoms with Crippen molar-refractivity contribution in [3.05, 3.63) is 35.9 Å². The summed E-state index contributed by atoms with van der Waals surface area (Å²) in [5.41, 5.74) is 0.955. The van der Waals surface area contributed by atoms with Crippen LogP contribution in [0.4, 0.5) is 18.0 Å². The molecule has 5 nitrogen and oxygen atoms in total. The number of hydrogen-bond acceptors (Lipinski definition) is 2. The van der Waals surface area contributed by atoms with Crippen molar-refractivity contribution in [3.8, 4) is 0 Å². The average Bonchev–Trinajstić information content (AvgIpc) is 2.60. The first-order valence-electron chi connectivity index (χ1n) is 8.76. The molecule has 1 aliphatic carbocycles. The van der Waals surface area contributed by atoms with Gasteiger partial charge in [0.25, 0.3) is 0 Å². The van der Waals surface area contributed by atoms with Crippen molar-refractivity contribution >= 4 is 11.9 Å². The molecule has 0 heterocycles. The number of halogens is 3. The van der Waals surface area contributed by atoms with E-state index in [1.54, 1.807) is 0 Å². The van der Waals surface area contributed by atoms with Crippen LogP contribution in [0.5, 0.6) is 0 Å². The van der Waals surface area contributed by atoms with E-state index in [0.29, 0.717) is 19.4 Å². The number of amides is 3. The zero-order chi connectivity index (χ0) is 19.0. The van der Waals surface area contributed by atoms with E-state index in [2.05, 4.69) is 16.0 Å². The van der Waals surface area contributed by atoms with E-state index in [-0.39, 0.29) is 31.7 Å². The molecule has 26 heavy (non-hydrogen) atoms. The van der Waals surface area contributed by atoms with Gasteiger partial charge in [-0.05, 0) is 24.8 Å². The van der Waals surface area contributed by atoms with Crippen molar-refractivity contribution in [2.75, 3.05) is 6.54 Å². The number of carbonyl (C=O) groups excluding carboxylic acids is 2. The number of carbonyl (C=O) groups is 2. The lowest BCUT2D eigenvalue weighted by Crippen LogP contribution is -2.43. The van der Waals surface area contributed by atoms with Crippen LogP contribution in [-0.2, 0) is 11.3 Å². The first kappa shape index (κ1) is 20.1. The Hall–Kier alpha value is -2.25. The molecule has 8 heteroatoms. The van der Waals surface area contributed by atoms with Crippen LogP contribution in [0.3, 0.4) is 0 Å². The number of benzene rings is 1. The number of rotatable bonds is 6. The van der Waals surface area contributed by atoms with Crippen molar-refractivity contribution in [3.63, 3.8) is 0 Å². The maximum absolute atomic E-state index is 12.8. The molecule has 0 radical (unpaired) electrons. The number of urea groups is 1. The maximum atomic E-state index is 12.8. The van der Waals surface area contributed by atoms with Gasteiger partial charge < -0.3 is 16.0 Å². The Kier molecular flexibility index (Phi) is 7.29. The van der Waals surface area contributed by atoms with Crippen molar-refractivity contribution < 1.29 is 22.8 Å². The van der Waals surface area contributed by atoms with Crippen LogP contribution < -0.4 is 16.0 Å². The molecule has 0 aliphatic heterocycles. The molecule has 1 aromatic rings. The van der Waals surface area contributed by atoms with Gasteiger partial charge in [0.15, 0.2) is 0 Å². The summed E-state index contributed by atoms with van der Waals surface area (Å²) < 4.78 is 38.3. The van der Waals surface area contributed by atoms with Crippen LogP contribution in [0.25, 0.3) is 0 Å². The molecule has 2 rings (SSSR count). The summed E-state index contributed by atoms with van der Waals surface area (Å²) in [4.78, 5) is 23.5. The third kappa shape index (κ3) is 6.93. The van der Waals surface area contributed by atoms with Gasteiger partial charge in [-0.15, -0.1) is 0 Å². The predicted molar refractivity (Wildman–Crippen MR) is 91.2 cm³/mol. The van der Waals surface area contributed by atoms with Crippen LogP contribution in [-0.4, -0.2) is 30.7 Å². The Morgan fingerprint density at radius 3 is 2.50 bits per heavy atom. The molecular formula is C18H24F3N3O2. The minimum absolute atomic E-state index is 0.0337. The van der Waals surface area contributed by atoms with E-state index in [4.69, 9.17) is 0 Å². The quantitative estimate of drug-likeness (QED) is 0.719. The zero-order valence-electron chi connectivity index (χ0n) is 14.4. The summed E-state index contributed by atoms with van der Waals surface area (Å²) in [7, 11) is 0. The second-order valence-electron chi connectivity index (χ2n) is 6.51. The molecule has 3 N–H and O–H groups in total. The van der Waals surface area contributed by atoms with Gasteiger partial charge in [0, 0.05) is 25.6 Å². The molecular weight excluding hydrogens is 347 g/mol. The van der Waals surface area contributed by atoms with Crippen LogP contribution in [0.1, 0.15) is 37.7 Å². The van der Waals surface area contributed by atoms with Gasteiger partial charge in [0.1, 0.15) is 0 Å². The summed E-state index contributed by atoms with van der Waals surface area (Å²) in [6.45, 7) is 0.502. The Labute approximate surface area is 150 Å².